The molecule has 2 heterocycles. The number of benzene rings is 2. The number of hydrogen-bond acceptors (Lipinski definition) is 3. The van der Waals surface area contributed by atoms with Crippen LogP contribution in [0.3, 0.4) is 0 Å². The number of carbonyl (C=O) groups is 1. The molecule has 1 N–H and O–H groups in total. The predicted octanol–water partition coefficient (Wildman–Crippen LogP) is 1.32. The number of hydrogen-bond donors (Lipinski definition) is 1. The zero-order valence-corrected chi connectivity index (χ0v) is 18.7. The molecule has 0 bridgehead atoms. The molecule has 5 nitrogen and oxygen atoms in total. The summed E-state index contributed by atoms with van der Waals surface area (Å²) in [5, 5.41) is 2.38. The third kappa shape index (κ3) is 5.20. The molecule has 0 spiro atoms. The molecule has 0 atom stereocenters. The highest BCUT2D eigenvalue weighted by molar-refractivity contribution is 6.04. The molecule has 0 saturated carbocycles. The Balaban J connectivity index is 0.00000289. The summed E-state index contributed by atoms with van der Waals surface area (Å²) in [5.74, 6) is -2.70. The van der Waals surface area contributed by atoms with E-state index < -0.39 is 23.1 Å². The first kappa shape index (κ1) is 23.1. The molecule has 0 saturated heterocycles. The summed E-state index contributed by atoms with van der Waals surface area (Å²) in [6, 6.07) is 15.3. The minimum absolute atomic E-state index is 0. The maximum atomic E-state index is 13.8. The number of aryl methyl sites for hydroxylation is 1. The SMILES string of the molecule is Cc1cc[n+](Cc2ccccc2)cc1-c1cnc(NC(=O)c2c(F)cccc2F)cn1.[Br-]. The van der Waals surface area contributed by atoms with Crippen molar-refractivity contribution < 1.29 is 35.1 Å². The van der Waals surface area contributed by atoms with Crippen LogP contribution in [-0.4, -0.2) is 15.9 Å². The number of nitrogens with zero attached hydrogens (tertiary/aromatic N) is 3. The van der Waals surface area contributed by atoms with Crippen molar-refractivity contribution in [2.24, 2.45) is 0 Å². The number of nitrogens with one attached hydrogen (secondary N) is 1. The molecule has 2 aromatic heterocycles. The number of halogens is 3. The third-order valence-corrected chi connectivity index (χ3v) is 4.80. The van der Waals surface area contributed by atoms with Crippen LogP contribution in [0.1, 0.15) is 21.5 Å². The minimum atomic E-state index is -0.940. The molecule has 0 aliphatic rings. The molecule has 4 aromatic rings. The van der Waals surface area contributed by atoms with Crippen LogP contribution >= 0.6 is 0 Å². The van der Waals surface area contributed by atoms with E-state index in [0.29, 0.717) is 12.2 Å². The van der Waals surface area contributed by atoms with Crippen LogP contribution in [0.15, 0.2) is 79.4 Å². The Bertz CT molecular complexity index is 1210. The van der Waals surface area contributed by atoms with Gasteiger partial charge in [-0.1, -0.05) is 36.4 Å². The fourth-order valence-corrected chi connectivity index (χ4v) is 3.19. The van der Waals surface area contributed by atoms with E-state index in [4.69, 9.17) is 0 Å². The van der Waals surface area contributed by atoms with Crippen LogP contribution in [-0.2, 0) is 6.54 Å². The van der Waals surface area contributed by atoms with E-state index >= 15 is 0 Å². The fourth-order valence-electron chi connectivity index (χ4n) is 3.19. The summed E-state index contributed by atoms with van der Waals surface area (Å²) in [6.45, 7) is 2.68. The van der Waals surface area contributed by atoms with Crippen molar-refractivity contribution >= 4 is 11.7 Å². The van der Waals surface area contributed by atoms with Gasteiger partial charge in [0, 0.05) is 11.6 Å². The Labute approximate surface area is 194 Å². The maximum absolute atomic E-state index is 13.8. The summed E-state index contributed by atoms with van der Waals surface area (Å²) >= 11 is 0. The van der Waals surface area contributed by atoms with Crippen molar-refractivity contribution in [2.75, 3.05) is 5.32 Å². The highest BCUT2D eigenvalue weighted by Crippen LogP contribution is 2.20. The highest BCUT2D eigenvalue weighted by Gasteiger charge is 2.18. The number of amides is 1. The standard InChI is InChI=1S/C24H18F2N4O.BrH/c1-16-10-11-30(14-17-6-3-2-4-7-17)15-18(16)21-12-28-22(13-27-21)29-24(31)23-19(25)8-5-9-20(23)26;/h2-13,15H,14H2,1H3;1H. The fraction of sp³-hybridized carbons (Fsp3) is 0.0833. The van der Waals surface area contributed by atoms with E-state index in [-0.39, 0.29) is 22.8 Å². The van der Waals surface area contributed by atoms with Gasteiger partial charge in [0.25, 0.3) is 5.91 Å². The van der Waals surface area contributed by atoms with Gasteiger partial charge in [0.15, 0.2) is 24.8 Å². The first-order valence-electron chi connectivity index (χ1n) is 9.62. The second-order valence-electron chi connectivity index (χ2n) is 7.04. The van der Waals surface area contributed by atoms with Crippen molar-refractivity contribution in [3.8, 4) is 11.3 Å². The Hall–Kier alpha value is -3.52. The van der Waals surface area contributed by atoms with Gasteiger partial charge in [-0.2, -0.15) is 0 Å². The molecule has 162 valence electrons. The van der Waals surface area contributed by atoms with Gasteiger partial charge in [0.05, 0.1) is 23.7 Å². The Morgan fingerprint density at radius 2 is 1.69 bits per heavy atom. The van der Waals surface area contributed by atoms with Crippen LogP contribution in [0.5, 0.6) is 0 Å². The lowest BCUT2D eigenvalue weighted by Gasteiger charge is -2.08. The first-order valence-corrected chi connectivity index (χ1v) is 9.62. The minimum Gasteiger partial charge on any atom is -1.00 e. The molecule has 1 amide bonds. The van der Waals surface area contributed by atoms with Gasteiger partial charge >= 0.3 is 0 Å². The molecule has 8 heteroatoms. The van der Waals surface area contributed by atoms with Crippen LogP contribution in [0, 0.1) is 18.6 Å². The van der Waals surface area contributed by atoms with Gasteiger partial charge in [-0.3, -0.25) is 9.78 Å². The molecule has 0 aliphatic heterocycles. The Morgan fingerprint density at radius 3 is 2.34 bits per heavy atom. The molecule has 0 unspecified atom stereocenters. The second kappa shape index (κ2) is 10.2. The Kier molecular flexibility index (Phi) is 7.37. The highest BCUT2D eigenvalue weighted by atomic mass is 79.9. The maximum Gasteiger partial charge on any atom is 0.262 e. The first-order chi connectivity index (χ1) is 15.0. The quantitative estimate of drug-likeness (QED) is 0.424. The van der Waals surface area contributed by atoms with Crippen molar-refractivity contribution in [3.05, 3.63) is 108 Å². The van der Waals surface area contributed by atoms with Gasteiger partial charge in [-0.15, -0.1) is 0 Å². The van der Waals surface area contributed by atoms with Crippen LogP contribution < -0.4 is 26.9 Å². The lowest BCUT2D eigenvalue weighted by atomic mass is 10.1. The van der Waals surface area contributed by atoms with Crippen LogP contribution in [0.25, 0.3) is 11.3 Å². The summed E-state index contributed by atoms with van der Waals surface area (Å²) in [7, 11) is 0. The van der Waals surface area contributed by atoms with Gasteiger partial charge in [0.2, 0.25) is 0 Å². The topological polar surface area (TPSA) is 58.8 Å². The average molecular weight is 497 g/mol. The molecule has 2 aromatic carbocycles. The number of pyridine rings is 1. The second-order valence-corrected chi connectivity index (χ2v) is 7.04. The van der Waals surface area contributed by atoms with E-state index in [0.717, 1.165) is 23.3 Å². The summed E-state index contributed by atoms with van der Waals surface area (Å²) < 4.78 is 29.6. The van der Waals surface area contributed by atoms with E-state index in [1.54, 1.807) is 0 Å². The molecule has 32 heavy (non-hydrogen) atoms. The van der Waals surface area contributed by atoms with Crippen molar-refractivity contribution in [2.45, 2.75) is 13.5 Å². The van der Waals surface area contributed by atoms with Gasteiger partial charge in [-0.05, 0) is 24.6 Å². The van der Waals surface area contributed by atoms with E-state index in [9.17, 15) is 13.6 Å². The van der Waals surface area contributed by atoms with Gasteiger partial charge in [-0.25, -0.2) is 18.3 Å². The van der Waals surface area contributed by atoms with Crippen molar-refractivity contribution in [3.63, 3.8) is 0 Å². The van der Waals surface area contributed by atoms with Crippen LogP contribution in [0.2, 0.25) is 0 Å². The number of carbonyl (C=O) groups excluding carboxylic acids is 1. The van der Waals surface area contributed by atoms with Gasteiger partial charge in [0.1, 0.15) is 17.2 Å². The molecular weight excluding hydrogens is 478 g/mol. The number of aromatic nitrogens is 3. The zero-order chi connectivity index (χ0) is 21.8. The van der Waals surface area contributed by atoms with E-state index in [1.165, 1.54) is 24.0 Å². The monoisotopic (exact) mass is 496 g/mol. The van der Waals surface area contributed by atoms with E-state index in [2.05, 4.69) is 32.0 Å². The Morgan fingerprint density at radius 1 is 0.969 bits per heavy atom. The summed E-state index contributed by atoms with van der Waals surface area (Å²) in [4.78, 5) is 20.8. The molecule has 0 radical (unpaired) electrons. The number of rotatable bonds is 5. The molecular formula is C24H19BrF2N4O. The van der Waals surface area contributed by atoms with Crippen molar-refractivity contribution in [1.82, 2.24) is 9.97 Å². The number of anilines is 1. The molecule has 0 fully saturated rings. The third-order valence-electron chi connectivity index (χ3n) is 4.80. The van der Waals surface area contributed by atoms with Crippen LogP contribution in [0.4, 0.5) is 14.6 Å². The zero-order valence-electron chi connectivity index (χ0n) is 17.1. The molecule has 0 aliphatic carbocycles. The largest absolute Gasteiger partial charge is 1.00 e. The predicted molar refractivity (Wildman–Crippen MR) is 112 cm³/mol. The smallest absolute Gasteiger partial charge is 0.262 e. The lowest BCUT2D eigenvalue weighted by Crippen LogP contribution is -3.00. The van der Waals surface area contributed by atoms with Crippen molar-refractivity contribution in [1.29, 1.82) is 0 Å². The van der Waals surface area contributed by atoms with E-state index in [1.807, 2.05) is 43.6 Å². The summed E-state index contributed by atoms with van der Waals surface area (Å²) in [5.41, 5.74) is 3.05. The normalized spacial score (nSPS) is 10.3. The van der Waals surface area contributed by atoms with Gasteiger partial charge < -0.3 is 22.3 Å². The molecule has 4 rings (SSSR count). The lowest BCUT2D eigenvalue weighted by molar-refractivity contribution is -0.687. The summed E-state index contributed by atoms with van der Waals surface area (Å²) in [6.07, 6.45) is 6.86. The average Bonchev–Trinajstić information content (AvgIpc) is 2.76.